The van der Waals surface area contributed by atoms with Crippen LogP contribution in [0.3, 0.4) is 0 Å². The SMILES string of the molecule is O=C(C1CCN(S(=O)(=O)Cc2cccc(Br)c2)CC1)N1CCCCCC1. The van der Waals surface area contributed by atoms with Crippen molar-refractivity contribution in [3.8, 4) is 0 Å². The standard InChI is InChI=1S/C19H27BrN2O3S/c20-18-7-5-6-16(14-18)15-26(24,25)22-12-8-17(9-13-22)19(23)21-10-3-1-2-4-11-21/h5-7,14,17H,1-4,8-13,15H2. The lowest BCUT2D eigenvalue weighted by molar-refractivity contribution is -0.136. The number of likely N-dealkylation sites (tertiary alicyclic amines) is 1. The number of carbonyl (C=O) groups is 1. The third kappa shape index (κ3) is 5.08. The molecule has 1 aromatic rings. The summed E-state index contributed by atoms with van der Waals surface area (Å²) in [6.45, 7) is 2.61. The molecule has 144 valence electrons. The molecule has 0 aliphatic carbocycles. The molecule has 0 radical (unpaired) electrons. The van der Waals surface area contributed by atoms with Crippen LogP contribution >= 0.6 is 15.9 Å². The van der Waals surface area contributed by atoms with Gasteiger partial charge in [-0.3, -0.25) is 4.79 Å². The fraction of sp³-hybridized carbons (Fsp3) is 0.632. The van der Waals surface area contributed by atoms with E-state index in [2.05, 4.69) is 15.9 Å². The largest absolute Gasteiger partial charge is 0.342 e. The zero-order valence-corrected chi connectivity index (χ0v) is 17.5. The van der Waals surface area contributed by atoms with Gasteiger partial charge in [-0.1, -0.05) is 40.9 Å². The average molecular weight is 443 g/mol. The minimum atomic E-state index is -3.35. The number of hydrogen-bond acceptors (Lipinski definition) is 3. The van der Waals surface area contributed by atoms with Crippen molar-refractivity contribution in [1.29, 1.82) is 0 Å². The molecule has 1 aromatic carbocycles. The third-order valence-corrected chi connectivity index (χ3v) is 7.70. The Kier molecular flexibility index (Phi) is 6.75. The van der Waals surface area contributed by atoms with Gasteiger partial charge in [-0.15, -0.1) is 0 Å². The van der Waals surface area contributed by atoms with Gasteiger partial charge in [0.15, 0.2) is 0 Å². The van der Waals surface area contributed by atoms with Gasteiger partial charge in [0.2, 0.25) is 15.9 Å². The van der Waals surface area contributed by atoms with Crippen LogP contribution in [0.25, 0.3) is 0 Å². The maximum Gasteiger partial charge on any atom is 0.225 e. The van der Waals surface area contributed by atoms with E-state index in [1.54, 1.807) is 4.31 Å². The Balaban J connectivity index is 1.56. The summed E-state index contributed by atoms with van der Waals surface area (Å²) in [5.74, 6) is 0.221. The summed E-state index contributed by atoms with van der Waals surface area (Å²) in [6, 6.07) is 7.40. The summed E-state index contributed by atoms with van der Waals surface area (Å²) >= 11 is 3.38. The van der Waals surface area contributed by atoms with Crippen molar-refractivity contribution in [1.82, 2.24) is 9.21 Å². The normalized spacial score (nSPS) is 20.7. The first-order valence-electron chi connectivity index (χ1n) is 9.47. The molecule has 0 aromatic heterocycles. The molecule has 2 aliphatic heterocycles. The summed E-state index contributed by atoms with van der Waals surface area (Å²) in [7, 11) is -3.35. The summed E-state index contributed by atoms with van der Waals surface area (Å²) in [6.07, 6.45) is 5.85. The molecular weight excluding hydrogens is 416 g/mol. The van der Waals surface area contributed by atoms with Crippen molar-refractivity contribution in [2.24, 2.45) is 5.92 Å². The van der Waals surface area contributed by atoms with E-state index in [1.807, 2.05) is 29.2 Å². The van der Waals surface area contributed by atoms with Gasteiger partial charge in [-0.25, -0.2) is 12.7 Å². The molecule has 0 atom stereocenters. The Hall–Kier alpha value is -0.920. The van der Waals surface area contributed by atoms with Crippen molar-refractivity contribution < 1.29 is 13.2 Å². The highest BCUT2D eigenvalue weighted by Crippen LogP contribution is 2.25. The van der Waals surface area contributed by atoms with Gasteiger partial charge < -0.3 is 4.90 Å². The van der Waals surface area contributed by atoms with Crippen LogP contribution in [-0.2, 0) is 20.6 Å². The second kappa shape index (κ2) is 8.85. The number of amides is 1. The molecule has 5 nitrogen and oxygen atoms in total. The van der Waals surface area contributed by atoms with Crippen LogP contribution < -0.4 is 0 Å². The van der Waals surface area contributed by atoms with Crippen LogP contribution in [0.2, 0.25) is 0 Å². The van der Waals surface area contributed by atoms with Gasteiger partial charge in [0.25, 0.3) is 0 Å². The summed E-state index contributed by atoms with van der Waals surface area (Å²) in [5, 5.41) is 0. The Morgan fingerprint density at radius 2 is 1.69 bits per heavy atom. The van der Waals surface area contributed by atoms with E-state index in [0.717, 1.165) is 36.0 Å². The molecule has 0 unspecified atom stereocenters. The van der Waals surface area contributed by atoms with Crippen molar-refractivity contribution >= 4 is 31.9 Å². The number of carbonyl (C=O) groups excluding carboxylic acids is 1. The number of nitrogens with zero attached hydrogens (tertiary/aromatic N) is 2. The average Bonchev–Trinajstić information content (AvgIpc) is 2.90. The third-order valence-electron chi connectivity index (χ3n) is 5.35. The fourth-order valence-electron chi connectivity index (χ4n) is 3.86. The molecule has 1 amide bonds. The highest BCUT2D eigenvalue weighted by atomic mass is 79.9. The molecule has 0 spiro atoms. The van der Waals surface area contributed by atoms with Gasteiger partial charge in [0, 0.05) is 36.6 Å². The van der Waals surface area contributed by atoms with E-state index in [-0.39, 0.29) is 17.6 Å². The fourth-order valence-corrected chi connectivity index (χ4v) is 5.86. The van der Waals surface area contributed by atoms with Gasteiger partial charge in [0.05, 0.1) is 5.75 Å². The van der Waals surface area contributed by atoms with Crippen LogP contribution in [0.15, 0.2) is 28.7 Å². The maximum atomic E-state index is 12.7. The van der Waals surface area contributed by atoms with E-state index < -0.39 is 10.0 Å². The quantitative estimate of drug-likeness (QED) is 0.717. The molecule has 7 heteroatoms. The highest BCUT2D eigenvalue weighted by Gasteiger charge is 2.33. The van der Waals surface area contributed by atoms with Gasteiger partial charge >= 0.3 is 0 Å². The predicted octanol–water partition coefficient (Wildman–Crippen LogP) is 3.39. The van der Waals surface area contributed by atoms with Crippen molar-refractivity contribution in [2.75, 3.05) is 26.2 Å². The molecule has 0 saturated carbocycles. The molecule has 0 bridgehead atoms. The number of benzene rings is 1. The second-order valence-electron chi connectivity index (χ2n) is 7.30. The number of halogens is 1. The topological polar surface area (TPSA) is 57.7 Å². The summed E-state index contributed by atoms with van der Waals surface area (Å²) in [5.41, 5.74) is 0.780. The van der Waals surface area contributed by atoms with E-state index >= 15 is 0 Å². The molecule has 26 heavy (non-hydrogen) atoms. The molecule has 2 saturated heterocycles. The van der Waals surface area contributed by atoms with E-state index in [4.69, 9.17) is 0 Å². The monoisotopic (exact) mass is 442 g/mol. The van der Waals surface area contributed by atoms with Crippen molar-refractivity contribution in [2.45, 2.75) is 44.3 Å². The first-order valence-corrected chi connectivity index (χ1v) is 11.9. The summed E-state index contributed by atoms with van der Waals surface area (Å²) < 4.78 is 27.8. The number of sulfonamides is 1. The second-order valence-corrected chi connectivity index (χ2v) is 10.2. The van der Waals surface area contributed by atoms with Crippen LogP contribution in [0.4, 0.5) is 0 Å². The Labute approximate surface area is 164 Å². The smallest absolute Gasteiger partial charge is 0.225 e. The first kappa shape index (κ1) is 19.8. The number of hydrogen-bond donors (Lipinski definition) is 0. The predicted molar refractivity (Wildman–Crippen MR) is 106 cm³/mol. The Morgan fingerprint density at radius 3 is 2.31 bits per heavy atom. The molecule has 3 rings (SSSR count). The van der Waals surface area contributed by atoms with E-state index in [1.165, 1.54) is 12.8 Å². The summed E-state index contributed by atoms with van der Waals surface area (Å²) in [4.78, 5) is 14.7. The molecule has 2 heterocycles. The molecule has 2 fully saturated rings. The first-order chi connectivity index (χ1) is 12.5. The zero-order chi connectivity index (χ0) is 18.6. The van der Waals surface area contributed by atoms with Gasteiger partial charge in [-0.05, 0) is 43.4 Å². The zero-order valence-electron chi connectivity index (χ0n) is 15.1. The molecular formula is C19H27BrN2O3S. The van der Waals surface area contributed by atoms with Crippen LogP contribution in [0.5, 0.6) is 0 Å². The van der Waals surface area contributed by atoms with Gasteiger partial charge in [0.1, 0.15) is 0 Å². The lowest BCUT2D eigenvalue weighted by atomic mass is 9.96. The Morgan fingerprint density at radius 1 is 1.04 bits per heavy atom. The van der Waals surface area contributed by atoms with Crippen LogP contribution in [0.1, 0.15) is 44.1 Å². The van der Waals surface area contributed by atoms with E-state index in [9.17, 15) is 13.2 Å². The van der Waals surface area contributed by atoms with Crippen LogP contribution in [0, 0.1) is 5.92 Å². The van der Waals surface area contributed by atoms with Crippen molar-refractivity contribution in [3.05, 3.63) is 34.3 Å². The maximum absolute atomic E-state index is 12.7. The van der Waals surface area contributed by atoms with Gasteiger partial charge in [-0.2, -0.15) is 0 Å². The van der Waals surface area contributed by atoms with Crippen molar-refractivity contribution in [3.63, 3.8) is 0 Å². The number of rotatable bonds is 4. The highest BCUT2D eigenvalue weighted by molar-refractivity contribution is 9.10. The number of piperidine rings is 1. The molecule has 2 aliphatic rings. The lowest BCUT2D eigenvalue weighted by Gasteiger charge is -2.33. The van der Waals surface area contributed by atoms with Crippen LogP contribution in [-0.4, -0.2) is 49.7 Å². The molecule has 0 N–H and O–H groups in total. The Bertz CT molecular complexity index is 722. The lowest BCUT2D eigenvalue weighted by Crippen LogP contribution is -2.44. The minimum Gasteiger partial charge on any atom is -0.342 e. The van der Waals surface area contributed by atoms with E-state index in [0.29, 0.717) is 25.9 Å². The minimum absolute atomic E-state index is 0.0111.